The molecule has 0 saturated heterocycles. The van der Waals surface area contributed by atoms with Crippen LogP contribution in [0.25, 0.3) is 10.8 Å². The number of nitrogens with zero attached hydrogens (tertiary/aromatic N) is 1. The van der Waals surface area contributed by atoms with E-state index < -0.39 is 17.4 Å². The van der Waals surface area contributed by atoms with E-state index in [1.54, 1.807) is 30.3 Å². The van der Waals surface area contributed by atoms with Crippen molar-refractivity contribution in [2.24, 2.45) is 0 Å². The number of aromatic nitrogens is 2. The third-order valence-corrected chi connectivity index (χ3v) is 2.95. The fourth-order valence-corrected chi connectivity index (χ4v) is 1.93. The number of benzene rings is 1. The van der Waals surface area contributed by atoms with Gasteiger partial charge in [0.2, 0.25) is 0 Å². The van der Waals surface area contributed by atoms with Crippen molar-refractivity contribution in [1.29, 1.82) is 0 Å². The molecule has 8 heteroatoms. The van der Waals surface area contributed by atoms with Crippen LogP contribution in [0.1, 0.15) is 21.0 Å². The van der Waals surface area contributed by atoms with E-state index in [1.165, 1.54) is 12.3 Å². The fraction of sp³-hybridized carbons (Fsp3) is 0. The maximum atomic E-state index is 12.1. The monoisotopic (exact) mass is 298 g/mol. The van der Waals surface area contributed by atoms with E-state index in [0.29, 0.717) is 10.8 Å². The largest absolute Gasteiger partial charge is 0.459 e. The van der Waals surface area contributed by atoms with Crippen LogP contribution in [0.4, 0.5) is 0 Å². The van der Waals surface area contributed by atoms with Gasteiger partial charge in [-0.2, -0.15) is 5.10 Å². The molecule has 3 N–H and O–H groups in total. The van der Waals surface area contributed by atoms with Crippen LogP contribution in [0.3, 0.4) is 0 Å². The minimum Gasteiger partial charge on any atom is -0.459 e. The van der Waals surface area contributed by atoms with E-state index in [0.717, 1.165) is 0 Å². The molecule has 2 heterocycles. The first kappa shape index (κ1) is 13.6. The highest BCUT2D eigenvalue weighted by molar-refractivity contribution is 6.05. The van der Waals surface area contributed by atoms with Gasteiger partial charge in [0, 0.05) is 5.39 Å². The summed E-state index contributed by atoms with van der Waals surface area (Å²) in [5.41, 5.74) is 4.01. The summed E-state index contributed by atoms with van der Waals surface area (Å²) in [6.07, 6.45) is 1.34. The SMILES string of the molecule is O=C(NNC(=O)c1n[nH]c(=O)c2ccccc12)c1ccco1. The predicted octanol–water partition coefficient (Wildman–Crippen LogP) is 0.591. The third-order valence-electron chi connectivity index (χ3n) is 2.95. The summed E-state index contributed by atoms with van der Waals surface area (Å²) in [4.78, 5) is 35.4. The van der Waals surface area contributed by atoms with Gasteiger partial charge < -0.3 is 4.42 Å². The van der Waals surface area contributed by atoms with Crippen LogP contribution in [-0.4, -0.2) is 22.0 Å². The molecule has 3 rings (SSSR count). The Morgan fingerprint density at radius 3 is 2.45 bits per heavy atom. The zero-order valence-electron chi connectivity index (χ0n) is 11.1. The molecule has 0 aliphatic heterocycles. The normalized spacial score (nSPS) is 10.4. The Morgan fingerprint density at radius 1 is 1.00 bits per heavy atom. The van der Waals surface area contributed by atoms with Crippen LogP contribution in [0.15, 0.2) is 51.9 Å². The molecule has 0 radical (unpaired) electrons. The lowest BCUT2D eigenvalue weighted by molar-refractivity contribution is 0.0829. The van der Waals surface area contributed by atoms with Gasteiger partial charge in [0.1, 0.15) is 0 Å². The molecule has 3 aromatic rings. The number of furan rings is 1. The zero-order chi connectivity index (χ0) is 15.5. The van der Waals surface area contributed by atoms with Gasteiger partial charge in [-0.25, -0.2) is 5.10 Å². The first-order chi connectivity index (χ1) is 10.7. The summed E-state index contributed by atoms with van der Waals surface area (Å²) in [5.74, 6) is -1.21. The number of carbonyl (C=O) groups is 2. The maximum absolute atomic E-state index is 12.1. The summed E-state index contributed by atoms with van der Waals surface area (Å²) < 4.78 is 4.89. The number of amides is 2. The smallest absolute Gasteiger partial charge is 0.305 e. The molecule has 2 aromatic heterocycles. The first-order valence-electron chi connectivity index (χ1n) is 6.28. The molecule has 0 spiro atoms. The second-order valence-electron chi connectivity index (χ2n) is 4.33. The zero-order valence-corrected chi connectivity index (χ0v) is 11.1. The molecule has 2 amide bonds. The Hall–Kier alpha value is -3.42. The molecule has 22 heavy (non-hydrogen) atoms. The average molecular weight is 298 g/mol. The number of H-pyrrole nitrogens is 1. The van der Waals surface area contributed by atoms with Crippen molar-refractivity contribution in [1.82, 2.24) is 21.0 Å². The van der Waals surface area contributed by atoms with Gasteiger partial charge in [-0.3, -0.25) is 25.2 Å². The van der Waals surface area contributed by atoms with Crippen molar-refractivity contribution in [3.63, 3.8) is 0 Å². The first-order valence-corrected chi connectivity index (χ1v) is 6.28. The molecule has 0 aliphatic carbocycles. The van der Waals surface area contributed by atoms with Crippen molar-refractivity contribution in [3.8, 4) is 0 Å². The van der Waals surface area contributed by atoms with Gasteiger partial charge in [0.15, 0.2) is 11.5 Å². The number of hydrogen-bond acceptors (Lipinski definition) is 5. The molecule has 110 valence electrons. The lowest BCUT2D eigenvalue weighted by atomic mass is 10.1. The molecule has 0 atom stereocenters. The Kier molecular flexibility index (Phi) is 3.40. The Bertz CT molecular complexity index is 899. The Morgan fingerprint density at radius 2 is 1.73 bits per heavy atom. The van der Waals surface area contributed by atoms with Crippen LogP contribution in [0, 0.1) is 0 Å². The molecule has 0 saturated carbocycles. The second-order valence-corrected chi connectivity index (χ2v) is 4.33. The van der Waals surface area contributed by atoms with E-state index in [9.17, 15) is 14.4 Å². The molecule has 0 bridgehead atoms. The van der Waals surface area contributed by atoms with E-state index in [4.69, 9.17) is 4.42 Å². The highest BCUT2D eigenvalue weighted by Crippen LogP contribution is 2.11. The standard InChI is InChI=1S/C14H10N4O4/c19-12-9-5-2-1-4-8(9)11(15-16-12)14(21)18-17-13(20)10-6-3-7-22-10/h1-7H,(H,16,19)(H,17,20)(H,18,21). The van der Waals surface area contributed by atoms with Gasteiger partial charge in [-0.05, 0) is 18.2 Å². The number of nitrogens with one attached hydrogen (secondary N) is 3. The molecule has 8 nitrogen and oxygen atoms in total. The van der Waals surface area contributed by atoms with E-state index in [1.807, 2.05) is 0 Å². The van der Waals surface area contributed by atoms with Crippen LogP contribution in [0.2, 0.25) is 0 Å². The van der Waals surface area contributed by atoms with Crippen molar-refractivity contribution in [2.45, 2.75) is 0 Å². The molecular formula is C14H10N4O4. The fourth-order valence-electron chi connectivity index (χ4n) is 1.93. The summed E-state index contributed by atoms with van der Waals surface area (Å²) in [6.45, 7) is 0. The number of hydrogen-bond donors (Lipinski definition) is 3. The topological polar surface area (TPSA) is 117 Å². The number of fused-ring (bicyclic) bond motifs is 1. The number of carbonyl (C=O) groups excluding carboxylic acids is 2. The maximum Gasteiger partial charge on any atom is 0.305 e. The van der Waals surface area contributed by atoms with Gasteiger partial charge in [-0.15, -0.1) is 0 Å². The summed E-state index contributed by atoms with van der Waals surface area (Å²) in [5, 5.41) is 6.68. The minimum atomic E-state index is -0.660. The van der Waals surface area contributed by atoms with Gasteiger partial charge in [-0.1, -0.05) is 18.2 Å². The van der Waals surface area contributed by atoms with Crippen LogP contribution in [-0.2, 0) is 0 Å². The average Bonchev–Trinajstić information content (AvgIpc) is 3.07. The van der Waals surface area contributed by atoms with Gasteiger partial charge >= 0.3 is 5.91 Å². The highest BCUT2D eigenvalue weighted by Gasteiger charge is 2.15. The van der Waals surface area contributed by atoms with Crippen molar-refractivity contribution < 1.29 is 14.0 Å². The minimum absolute atomic E-state index is 0.00468. The number of rotatable bonds is 2. The van der Waals surface area contributed by atoms with E-state index in [-0.39, 0.29) is 11.5 Å². The number of hydrazine groups is 1. The lowest BCUT2D eigenvalue weighted by Crippen LogP contribution is -2.42. The molecule has 0 fully saturated rings. The predicted molar refractivity (Wildman–Crippen MR) is 76.0 cm³/mol. The Balaban J connectivity index is 1.83. The molecule has 1 aromatic carbocycles. The second kappa shape index (κ2) is 5.52. The molecule has 0 unspecified atom stereocenters. The van der Waals surface area contributed by atoms with E-state index >= 15 is 0 Å². The lowest BCUT2D eigenvalue weighted by Gasteiger charge is -2.07. The Labute approximate surface area is 123 Å². The third kappa shape index (κ3) is 2.44. The number of aromatic amines is 1. The molecular weight excluding hydrogens is 288 g/mol. The van der Waals surface area contributed by atoms with E-state index in [2.05, 4.69) is 21.0 Å². The van der Waals surface area contributed by atoms with Gasteiger partial charge in [0.25, 0.3) is 11.5 Å². The van der Waals surface area contributed by atoms with Crippen LogP contribution >= 0.6 is 0 Å². The van der Waals surface area contributed by atoms with Crippen molar-refractivity contribution in [3.05, 3.63) is 64.5 Å². The molecule has 0 aliphatic rings. The quantitative estimate of drug-likeness (QED) is 0.599. The van der Waals surface area contributed by atoms with Gasteiger partial charge in [0.05, 0.1) is 11.6 Å². The highest BCUT2D eigenvalue weighted by atomic mass is 16.3. The summed E-state index contributed by atoms with van der Waals surface area (Å²) in [7, 11) is 0. The van der Waals surface area contributed by atoms with Crippen molar-refractivity contribution >= 4 is 22.6 Å². The van der Waals surface area contributed by atoms with Crippen LogP contribution < -0.4 is 16.4 Å². The summed E-state index contributed by atoms with van der Waals surface area (Å²) >= 11 is 0. The van der Waals surface area contributed by atoms with Crippen molar-refractivity contribution in [2.75, 3.05) is 0 Å². The summed E-state index contributed by atoms with van der Waals surface area (Å²) in [6, 6.07) is 9.54. The van der Waals surface area contributed by atoms with Crippen LogP contribution in [0.5, 0.6) is 0 Å².